The number of hydrogen-bond acceptors (Lipinski definition) is 2. The number of nitrogens with zero attached hydrogens (tertiary/aromatic N) is 1. The van der Waals surface area contributed by atoms with Crippen LogP contribution in [0.25, 0.3) is 76.9 Å². The summed E-state index contributed by atoms with van der Waals surface area (Å²) in [5.41, 5.74) is 16.6. The Kier molecular flexibility index (Phi) is 8.47. The summed E-state index contributed by atoms with van der Waals surface area (Å²) in [5, 5.41) is 6.95. The first kappa shape index (κ1) is 37.1. The van der Waals surface area contributed by atoms with Crippen molar-refractivity contribution in [3.63, 3.8) is 0 Å². The van der Waals surface area contributed by atoms with Gasteiger partial charge in [-0.15, -0.1) is 0 Å². The maximum Gasteiger partial charge on any atom is 0.143 e. The van der Waals surface area contributed by atoms with Crippen molar-refractivity contribution in [2.45, 2.75) is 5.41 Å². The molecular formula is C63H41NO. The number of para-hydroxylation sites is 2. The summed E-state index contributed by atoms with van der Waals surface area (Å²) in [5.74, 6) is 0. The van der Waals surface area contributed by atoms with E-state index < -0.39 is 5.41 Å². The first-order chi connectivity index (χ1) is 32.2. The summed E-state index contributed by atoms with van der Waals surface area (Å²) in [6.07, 6.45) is 0. The average Bonchev–Trinajstić information content (AvgIpc) is 3.92. The molecule has 0 fully saturated rings. The molecule has 1 aromatic heterocycles. The molecule has 13 rings (SSSR count). The Hall–Kier alpha value is -8.46. The predicted octanol–water partition coefficient (Wildman–Crippen LogP) is 17.1. The third kappa shape index (κ3) is 5.74. The van der Waals surface area contributed by atoms with Gasteiger partial charge in [-0.25, -0.2) is 0 Å². The number of anilines is 3. The SMILES string of the molecule is c1ccc(C2(c3ccccc3)c3ccccc3-c3ccc(N(c4ccc(-c5ccc6ccccc6c5)cc4)c4ccccc4-c4cc5ccccc5c5oc6ccccc6c45)cc32)cc1. The predicted molar refractivity (Wildman–Crippen MR) is 272 cm³/mol. The van der Waals surface area contributed by atoms with Crippen molar-refractivity contribution in [1.29, 1.82) is 0 Å². The number of benzene rings is 11. The van der Waals surface area contributed by atoms with Gasteiger partial charge in [0.2, 0.25) is 0 Å². The van der Waals surface area contributed by atoms with E-state index in [-0.39, 0.29) is 0 Å². The lowest BCUT2D eigenvalue weighted by molar-refractivity contribution is 0.673. The van der Waals surface area contributed by atoms with Crippen molar-refractivity contribution < 1.29 is 4.42 Å². The first-order valence-corrected chi connectivity index (χ1v) is 22.4. The highest BCUT2D eigenvalue weighted by Gasteiger charge is 2.46. The van der Waals surface area contributed by atoms with Crippen LogP contribution < -0.4 is 4.90 Å². The van der Waals surface area contributed by atoms with Crippen LogP contribution in [0, 0.1) is 0 Å². The molecule has 2 heteroatoms. The molecule has 0 radical (unpaired) electrons. The van der Waals surface area contributed by atoms with Crippen LogP contribution in [0.1, 0.15) is 22.3 Å². The van der Waals surface area contributed by atoms with Crippen molar-refractivity contribution in [1.82, 2.24) is 0 Å². The fourth-order valence-electron chi connectivity index (χ4n) is 10.8. The second-order valence-corrected chi connectivity index (χ2v) is 17.2. The van der Waals surface area contributed by atoms with Crippen LogP contribution >= 0.6 is 0 Å². The van der Waals surface area contributed by atoms with Crippen molar-refractivity contribution in [2.24, 2.45) is 0 Å². The highest BCUT2D eigenvalue weighted by Crippen LogP contribution is 2.58. The van der Waals surface area contributed by atoms with E-state index >= 15 is 0 Å². The molecule has 11 aromatic carbocycles. The van der Waals surface area contributed by atoms with Crippen molar-refractivity contribution in [3.8, 4) is 33.4 Å². The minimum Gasteiger partial charge on any atom is -0.455 e. The van der Waals surface area contributed by atoms with Crippen LogP contribution in [0.2, 0.25) is 0 Å². The van der Waals surface area contributed by atoms with E-state index in [4.69, 9.17) is 4.42 Å². The van der Waals surface area contributed by atoms with Gasteiger partial charge in [0.25, 0.3) is 0 Å². The van der Waals surface area contributed by atoms with Crippen LogP contribution in [-0.2, 0) is 5.41 Å². The topological polar surface area (TPSA) is 16.4 Å². The number of fused-ring (bicyclic) bond motifs is 9. The summed E-state index contributed by atoms with van der Waals surface area (Å²) >= 11 is 0. The van der Waals surface area contributed by atoms with Gasteiger partial charge in [-0.3, -0.25) is 0 Å². The van der Waals surface area contributed by atoms with Gasteiger partial charge in [0.1, 0.15) is 11.2 Å². The summed E-state index contributed by atoms with van der Waals surface area (Å²) < 4.78 is 6.75. The average molecular weight is 828 g/mol. The maximum atomic E-state index is 6.75. The van der Waals surface area contributed by atoms with Crippen LogP contribution in [0.3, 0.4) is 0 Å². The molecule has 0 aliphatic heterocycles. The molecule has 0 N–H and O–H groups in total. The first-order valence-electron chi connectivity index (χ1n) is 22.4. The molecule has 1 heterocycles. The van der Waals surface area contributed by atoms with E-state index in [1.165, 1.54) is 55.3 Å². The molecule has 0 unspecified atom stereocenters. The Morgan fingerprint density at radius 2 is 0.923 bits per heavy atom. The van der Waals surface area contributed by atoms with E-state index in [2.05, 4.69) is 254 Å². The third-order valence-corrected chi connectivity index (χ3v) is 13.7. The second kappa shape index (κ2) is 14.8. The lowest BCUT2D eigenvalue weighted by Crippen LogP contribution is -2.28. The number of furan rings is 1. The molecule has 304 valence electrons. The Bertz CT molecular complexity index is 3730. The van der Waals surface area contributed by atoms with E-state index in [9.17, 15) is 0 Å². The lowest BCUT2D eigenvalue weighted by Gasteiger charge is -2.35. The van der Waals surface area contributed by atoms with Gasteiger partial charge < -0.3 is 9.32 Å². The second-order valence-electron chi connectivity index (χ2n) is 17.2. The molecule has 0 bridgehead atoms. The monoisotopic (exact) mass is 827 g/mol. The van der Waals surface area contributed by atoms with Crippen molar-refractivity contribution >= 4 is 60.5 Å². The highest BCUT2D eigenvalue weighted by atomic mass is 16.3. The number of hydrogen-bond donors (Lipinski definition) is 0. The zero-order chi connectivity index (χ0) is 42.9. The summed E-state index contributed by atoms with van der Waals surface area (Å²) in [6.45, 7) is 0. The summed E-state index contributed by atoms with van der Waals surface area (Å²) in [6, 6.07) is 90.9. The number of rotatable bonds is 7. The molecular weight excluding hydrogens is 787 g/mol. The standard InChI is InChI=1S/C63H41NO/c1-3-20-47(21-4-1)63(48-22-5-2-6-23-48)57-28-14-11-25-52(57)53-38-37-50(41-58(53)63)64(49-35-33-43(34-36-49)45-32-31-42-17-7-8-18-44(42)39-45)59-29-15-12-26-54(59)56-40-46-19-9-10-24-51(46)62-61(56)55-27-13-16-30-60(55)65-62/h1-41H. The van der Waals surface area contributed by atoms with Crippen LogP contribution in [0.5, 0.6) is 0 Å². The molecule has 0 amide bonds. The van der Waals surface area contributed by atoms with Gasteiger partial charge >= 0.3 is 0 Å². The maximum absolute atomic E-state index is 6.75. The van der Waals surface area contributed by atoms with Crippen LogP contribution in [0.4, 0.5) is 17.1 Å². The summed E-state index contributed by atoms with van der Waals surface area (Å²) in [4.78, 5) is 2.47. The smallest absolute Gasteiger partial charge is 0.143 e. The Balaban J connectivity index is 1.08. The molecule has 12 aromatic rings. The van der Waals surface area contributed by atoms with Gasteiger partial charge in [-0.2, -0.15) is 0 Å². The van der Waals surface area contributed by atoms with E-state index in [1.54, 1.807) is 0 Å². The van der Waals surface area contributed by atoms with Crippen LogP contribution in [-0.4, -0.2) is 0 Å². The normalized spacial score (nSPS) is 12.7. The van der Waals surface area contributed by atoms with Gasteiger partial charge in [0.05, 0.1) is 11.1 Å². The van der Waals surface area contributed by atoms with E-state index in [0.717, 1.165) is 60.9 Å². The van der Waals surface area contributed by atoms with E-state index in [1.807, 2.05) is 0 Å². The van der Waals surface area contributed by atoms with Gasteiger partial charge in [0.15, 0.2) is 0 Å². The molecule has 0 spiro atoms. The van der Waals surface area contributed by atoms with Gasteiger partial charge in [-0.1, -0.05) is 200 Å². The Morgan fingerprint density at radius 3 is 1.71 bits per heavy atom. The zero-order valence-corrected chi connectivity index (χ0v) is 35.5. The highest BCUT2D eigenvalue weighted by molar-refractivity contribution is 6.22. The molecule has 1 aliphatic carbocycles. The van der Waals surface area contributed by atoms with Crippen molar-refractivity contribution in [2.75, 3.05) is 4.90 Å². The van der Waals surface area contributed by atoms with Crippen LogP contribution in [0.15, 0.2) is 253 Å². The fraction of sp³-hybridized carbons (Fsp3) is 0.0159. The quantitative estimate of drug-likeness (QED) is 0.159. The Labute approximate surface area is 377 Å². The molecule has 0 atom stereocenters. The molecule has 1 aliphatic rings. The molecule has 0 saturated heterocycles. The van der Waals surface area contributed by atoms with E-state index in [0.29, 0.717) is 0 Å². The fourth-order valence-corrected chi connectivity index (χ4v) is 10.8. The third-order valence-electron chi connectivity index (χ3n) is 13.7. The Morgan fingerprint density at radius 1 is 0.338 bits per heavy atom. The lowest BCUT2D eigenvalue weighted by atomic mass is 9.67. The van der Waals surface area contributed by atoms with Gasteiger partial charge in [-0.05, 0) is 115 Å². The zero-order valence-electron chi connectivity index (χ0n) is 35.5. The minimum absolute atomic E-state index is 0.546. The molecule has 0 saturated carbocycles. The molecule has 65 heavy (non-hydrogen) atoms. The largest absolute Gasteiger partial charge is 0.455 e. The minimum atomic E-state index is -0.546. The molecule has 2 nitrogen and oxygen atoms in total. The van der Waals surface area contributed by atoms with Gasteiger partial charge in [0, 0.05) is 33.1 Å². The van der Waals surface area contributed by atoms with Crippen molar-refractivity contribution in [3.05, 3.63) is 271 Å². The summed E-state index contributed by atoms with van der Waals surface area (Å²) in [7, 11) is 0.